The Morgan fingerprint density at radius 1 is 0.615 bits per heavy atom. The van der Waals surface area contributed by atoms with Crippen LogP contribution in [-0.4, -0.2) is 0 Å². The molecule has 0 atom stereocenters. The molecule has 0 fully saturated rings. The van der Waals surface area contributed by atoms with Crippen molar-refractivity contribution >= 4 is 0 Å². The van der Waals surface area contributed by atoms with Crippen LogP contribution in [0.5, 0.6) is 0 Å². The summed E-state index contributed by atoms with van der Waals surface area (Å²) in [6.45, 7) is 4.17. The first-order valence-corrected chi connectivity index (χ1v) is 4.15. The van der Waals surface area contributed by atoms with Gasteiger partial charge in [0.2, 0.25) is 0 Å². The molecule has 0 radical (unpaired) electrons. The summed E-state index contributed by atoms with van der Waals surface area (Å²) in [6, 6.07) is 16.5. The molecule has 0 amide bonds. The van der Waals surface area contributed by atoms with E-state index in [-0.39, 0.29) is 26.2 Å². The van der Waals surface area contributed by atoms with E-state index in [1.165, 1.54) is 11.1 Å². The molecule has 1 heteroatoms. The Morgan fingerprint density at radius 3 is 0.923 bits per heavy atom. The predicted octanol–water partition coefficient (Wildman–Crippen LogP) is 3.43. The molecule has 0 heterocycles. The molecule has 0 N–H and O–H groups in total. The topological polar surface area (TPSA) is 0 Å². The zero-order valence-electron chi connectivity index (χ0n) is 8.12. The first kappa shape index (κ1) is 12.6. The third kappa shape index (κ3) is 5.77. The van der Waals surface area contributed by atoms with Crippen LogP contribution in [0.2, 0.25) is 0 Å². The largest absolute Gasteiger partial charge is 4.00 e. The number of aryl methyl sites for hydroxylation is 2. The van der Waals surface area contributed by atoms with Crippen molar-refractivity contribution in [3.8, 4) is 0 Å². The Kier molecular flexibility index (Phi) is 6.81. The zero-order chi connectivity index (χ0) is 8.81. The molecule has 0 spiro atoms. The average Bonchev–Trinajstić information content (AvgIpc) is 2.63. The predicted molar refractivity (Wildman–Crippen MR) is 53.5 cm³/mol. The van der Waals surface area contributed by atoms with Crippen LogP contribution in [0.1, 0.15) is 11.1 Å². The first-order chi connectivity index (χ1) is 5.79. The van der Waals surface area contributed by atoms with Crippen molar-refractivity contribution in [3.63, 3.8) is 0 Å². The van der Waals surface area contributed by atoms with Crippen molar-refractivity contribution in [2.75, 3.05) is 0 Å². The first-order valence-electron chi connectivity index (χ1n) is 4.15. The van der Waals surface area contributed by atoms with Crippen LogP contribution in [0.25, 0.3) is 0 Å². The van der Waals surface area contributed by atoms with Crippen molar-refractivity contribution in [1.82, 2.24) is 0 Å². The molecule has 0 aliphatic heterocycles. The van der Waals surface area contributed by atoms with Crippen LogP contribution in [0.3, 0.4) is 0 Å². The van der Waals surface area contributed by atoms with Gasteiger partial charge >= 0.3 is 26.2 Å². The smallest absolute Gasteiger partial charge is 0.213 e. The van der Waals surface area contributed by atoms with E-state index >= 15 is 0 Å². The summed E-state index contributed by atoms with van der Waals surface area (Å²) in [6.07, 6.45) is 0. The molecule has 0 nitrogen and oxygen atoms in total. The number of rotatable bonds is 0. The molecule has 0 saturated carbocycles. The average molecular weight is 249 g/mol. The van der Waals surface area contributed by atoms with Gasteiger partial charge in [-0.25, -0.2) is 24.3 Å². The third-order valence-corrected chi connectivity index (χ3v) is 1.66. The Labute approximate surface area is 99.5 Å². The molecule has 0 saturated heterocycles. The van der Waals surface area contributed by atoms with E-state index in [0.717, 1.165) is 0 Å². The molecule has 0 aromatic heterocycles. The Bertz CT molecular complexity index is 245. The maximum Gasteiger partial charge on any atom is 4.00 e. The fourth-order valence-electron chi connectivity index (χ4n) is 0.940. The van der Waals surface area contributed by atoms with Crippen LogP contribution in [0.4, 0.5) is 0 Å². The van der Waals surface area contributed by atoms with Gasteiger partial charge in [0.05, 0.1) is 0 Å². The summed E-state index contributed by atoms with van der Waals surface area (Å²) >= 11 is 0. The quantitative estimate of drug-likeness (QED) is 0.628. The SMILES string of the molecule is C[c-]1cccc1.C[c-]1cccc1.[Zr+4]. The minimum atomic E-state index is 0. The van der Waals surface area contributed by atoms with Gasteiger partial charge in [-0.3, -0.25) is 0 Å². The van der Waals surface area contributed by atoms with Crippen molar-refractivity contribution in [2.24, 2.45) is 0 Å². The van der Waals surface area contributed by atoms with Crippen LogP contribution >= 0.6 is 0 Å². The second kappa shape index (κ2) is 7.03. The Balaban J connectivity index is 0.000000206. The van der Waals surface area contributed by atoms with E-state index in [1.54, 1.807) is 0 Å². The van der Waals surface area contributed by atoms with E-state index in [0.29, 0.717) is 0 Å². The van der Waals surface area contributed by atoms with Crippen molar-refractivity contribution < 1.29 is 26.2 Å². The standard InChI is InChI=1S/2C6H7.Zr/c2*1-6-4-2-3-5-6;/h2*2-5H,1H3;/q2*-1;+4. The summed E-state index contributed by atoms with van der Waals surface area (Å²) in [5.41, 5.74) is 2.69. The van der Waals surface area contributed by atoms with Crippen molar-refractivity contribution in [2.45, 2.75) is 13.8 Å². The van der Waals surface area contributed by atoms with Gasteiger partial charge in [-0.1, -0.05) is 13.8 Å². The number of hydrogen-bond donors (Lipinski definition) is 0. The fraction of sp³-hybridized carbons (Fsp3) is 0.167. The Hall–Kier alpha value is -0.417. The summed E-state index contributed by atoms with van der Waals surface area (Å²) in [7, 11) is 0. The summed E-state index contributed by atoms with van der Waals surface area (Å²) in [5.74, 6) is 0. The molecular weight excluding hydrogens is 235 g/mol. The van der Waals surface area contributed by atoms with E-state index in [9.17, 15) is 0 Å². The normalized spacial score (nSPS) is 8.15. The maximum atomic E-state index is 2.08. The summed E-state index contributed by atoms with van der Waals surface area (Å²) in [5, 5.41) is 0. The molecule has 0 aliphatic carbocycles. The van der Waals surface area contributed by atoms with Crippen LogP contribution in [-0.2, 0) is 26.2 Å². The minimum absolute atomic E-state index is 0. The molecule has 2 rings (SSSR count). The molecule has 64 valence electrons. The van der Waals surface area contributed by atoms with Gasteiger partial charge in [-0.2, -0.15) is 35.4 Å². The summed E-state index contributed by atoms with van der Waals surface area (Å²) in [4.78, 5) is 0. The van der Waals surface area contributed by atoms with Gasteiger partial charge in [-0.05, 0) is 0 Å². The molecule has 0 unspecified atom stereocenters. The van der Waals surface area contributed by atoms with Crippen molar-refractivity contribution in [3.05, 3.63) is 59.7 Å². The van der Waals surface area contributed by atoms with Crippen LogP contribution < -0.4 is 0 Å². The van der Waals surface area contributed by atoms with Gasteiger partial charge in [0.15, 0.2) is 0 Å². The second-order valence-electron chi connectivity index (χ2n) is 2.92. The van der Waals surface area contributed by atoms with Gasteiger partial charge < -0.3 is 0 Å². The van der Waals surface area contributed by atoms with Crippen LogP contribution in [0.15, 0.2) is 48.5 Å². The van der Waals surface area contributed by atoms with Gasteiger partial charge in [0, 0.05) is 0 Å². The van der Waals surface area contributed by atoms with Crippen molar-refractivity contribution in [1.29, 1.82) is 0 Å². The molecule has 2 aromatic carbocycles. The molecule has 0 bridgehead atoms. The van der Waals surface area contributed by atoms with Gasteiger partial charge in [0.1, 0.15) is 0 Å². The fourth-order valence-corrected chi connectivity index (χ4v) is 0.940. The third-order valence-electron chi connectivity index (χ3n) is 1.66. The van der Waals surface area contributed by atoms with E-state index in [2.05, 4.69) is 38.1 Å². The molecule has 0 aliphatic rings. The second-order valence-corrected chi connectivity index (χ2v) is 2.92. The minimum Gasteiger partial charge on any atom is -0.213 e. The van der Waals surface area contributed by atoms with Gasteiger partial charge in [0.25, 0.3) is 0 Å². The van der Waals surface area contributed by atoms with Gasteiger partial charge in [-0.15, -0.1) is 0 Å². The molecule has 2 aromatic rings. The van der Waals surface area contributed by atoms with E-state index in [4.69, 9.17) is 0 Å². The maximum absolute atomic E-state index is 2.08. The molecule has 13 heavy (non-hydrogen) atoms. The van der Waals surface area contributed by atoms with Crippen LogP contribution in [0, 0.1) is 13.8 Å². The molecular formula is C12H14Zr+2. The Morgan fingerprint density at radius 2 is 0.846 bits per heavy atom. The van der Waals surface area contributed by atoms with E-state index in [1.807, 2.05) is 24.3 Å². The summed E-state index contributed by atoms with van der Waals surface area (Å²) < 4.78 is 0. The number of hydrogen-bond acceptors (Lipinski definition) is 0. The zero-order valence-corrected chi connectivity index (χ0v) is 10.6. The monoisotopic (exact) mass is 248 g/mol. The van der Waals surface area contributed by atoms with E-state index < -0.39 is 0 Å².